The van der Waals surface area contributed by atoms with Gasteiger partial charge in [-0.2, -0.15) is 0 Å². The van der Waals surface area contributed by atoms with Crippen LogP contribution in [0.3, 0.4) is 0 Å². The molecule has 0 spiro atoms. The molecular weight excluding hydrogens is 389 g/mol. The monoisotopic (exact) mass is 405 g/mol. The lowest BCUT2D eigenvalue weighted by molar-refractivity contribution is 0.0706. The molecule has 0 unspecified atom stereocenters. The topological polar surface area (TPSA) is 57.5 Å². The van der Waals surface area contributed by atoms with Gasteiger partial charge in [0.05, 0.1) is 10.5 Å². The number of nitrogens with zero attached hydrogens (tertiary/aromatic N) is 2. The lowest BCUT2D eigenvalue weighted by atomic mass is 10.2. The summed E-state index contributed by atoms with van der Waals surface area (Å²) in [7, 11) is 2.06. The van der Waals surface area contributed by atoms with E-state index in [1.54, 1.807) is 29.7 Å². The zero-order valence-electron chi connectivity index (χ0n) is 14.5. The minimum absolute atomic E-state index is 0.361. The number of hydrogen-bond acceptors (Lipinski definition) is 4. The fraction of sp³-hybridized carbons (Fsp3) is 0.211. The Hall–Kier alpha value is -2.06. The number of rotatable bonds is 3. The molecule has 3 aromatic rings. The predicted octanol–water partition coefficient (Wildman–Crippen LogP) is 4.15. The smallest absolute Gasteiger partial charge is 0.274 e. The summed E-state index contributed by atoms with van der Waals surface area (Å²) in [6.45, 7) is 2.45. The summed E-state index contributed by atoms with van der Waals surface area (Å²) >= 11 is 7.89. The van der Waals surface area contributed by atoms with Crippen LogP contribution in [0, 0.1) is 5.82 Å². The molecule has 2 aromatic carbocycles. The molecule has 27 heavy (non-hydrogen) atoms. The highest BCUT2D eigenvalue weighted by atomic mass is 35.5. The highest BCUT2D eigenvalue weighted by molar-refractivity contribution is 7.99. The maximum atomic E-state index is 14.1. The van der Waals surface area contributed by atoms with Crippen molar-refractivity contribution in [2.45, 2.75) is 22.9 Å². The average Bonchev–Trinajstić information content (AvgIpc) is 2.95. The summed E-state index contributed by atoms with van der Waals surface area (Å²) in [5, 5.41) is 9.95. The van der Waals surface area contributed by atoms with Crippen LogP contribution in [-0.2, 0) is 13.1 Å². The second-order valence-electron chi connectivity index (χ2n) is 6.52. The molecule has 2 heterocycles. The summed E-state index contributed by atoms with van der Waals surface area (Å²) < 4.78 is 16.2. The van der Waals surface area contributed by atoms with Crippen molar-refractivity contribution >= 4 is 40.2 Å². The molecule has 1 aliphatic rings. The third-order valence-electron chi connectivity index (χ3n) is 4.69. The molecule has 0 bridgehead atoms. The summed E-state index contributed by atoms with van der Waals surface area (Å²) in [6.07, 6.45) is 0. The quantitative estimate of drug-likeness (QED) is 0.507. The van der Waals surface area contributed by atoms with E-state index < -0.39 is 5.91 Å². The van der Waals surface area contributed by atoms with Crippen molar-refractivity contribution in [1.29, 1.82) is 0 Å². The number of benzene rings is 2. The molecule has 0 atom stereocenters. The molecule has 0 aliphatic carbocycles. The van der Waals surface area contributed by atoms with Gasteiger partial charge in [-0.25, -0.2) is 9.87 Å². The molecule has 1 aromatic heterocycles. The Morgan fingerprint density at radius 2 is 2.00 bits per heavy atom. The fourth-order valence-electron chi connectivity index (χ4n) is 3.41. The summed E-state index contributed by atoms with van der Waals surface area (Å²) in [4.78, 5) is 15.6. The SMILES string of the molecule is CN1CCn2c(c(Sc3ccc(C(=O)NO)cc3)c3cc(F)cc(Cl)c32)C1. The molecule has 5 nitrogen and oxygen atoms in total. The number of hydroxylamine groups is 1. The Bertz CT molecular complexity index is 1040. The van der Waals surface area contributed by atoms with E-state index in [0.717, 1.165) is 46.0 Å². The maximum Gasteiger partial charge on any atom is 0.274 e. The van der Waals surface area contributed by atoms with Crippen LogP contribution in [0.5, 0.6) is 0 Å². The summed E-state index contributed by atoms with van der Waals surface area (Å²) in [5.41, 5.74) is 3.94. The van der Waals surface area contributed by atoms with E-state index >= 15 is 0 Å². The van der Waals surface area contributed by atoms with Crippen LogP contribution in [0.15, 0.2) is 46.2 Å². The number of amides is 1. The standard InChI is InChI=1S/C19H17ClFN3O2S/c1-23-6-7-24-16(10-23)18(14-8-12(21)9-15(20)17(14)24)27-13-4-2-11(3-5-13)19(25)22-26/h2-5,8-9,26H,6-7,10H2,1H3,(H,22,25). The van der Waals surface area contributed by atoms with E-state index in [9.17, 15) is 9.18 Å². The first-order chi connectivity index (χ1) is 13.0. The molecule has 2 N–H and O–H groups in total. The van der Waals surface area contributed by atoms with Crippen molar-refractivity contribution in [2.24, 2.45) is 0 Å². The van der Waals surface area contributed by atoms with Gasteiger partial charge in [0.25, 0.3) is 5.91 Å². The van der Waals surface area contributed by atoms with E-state index in [1.807, 2.05) is 0 Å². The van der Waals surface area contributed by atoms with Crippen molar-refractivity contribution < 1.29 is 14.4 Å². The first-order valence-corrected chi connectivity index (χ1v) is 9.58. The zero-order chi connectivity index (χ0) is 19.1. The van der Waals surface area contributed by atoms with Gasteiger partial charge in [0.1, 0.15) is 5.82 Å². The minimum atomic E-state index is -0.561. The molecular formula is C19H17ClFN3O2S. The number of carbonyl (C=O) groups is 1. The average molecular weight is 406 g/mol. The number of likely N-dealkylation sites (N-methyl/N-ethyl adjacent to an activating group) is 1. The fourth-order valence-corrected chi connectivity index (χ4v) is 4.78. The zero-order valence-corrected chi connectivity index (χ0v) is 16.1. The van der Waals surface area contributed by atoms with Crippen LogP contribution in [0.25, 0.3) is 10.9 Å². The lowest BCUT2D eigenvalue weighted by Gasteiger charge is -2.26. The van der Waals surface area contributed by atoms with Crippen LogP contribution in [0.1, 0.15) is 16.1 Å². The first kappa shape index (κ1) is 18.3. The second kappa shape index (κ2) is 7.16. The van der Waals surface area contributed by atoms with E-state index in [0.29, 0.717) is 10.6 Å². The third-order valence-corrected chi connectivity index (χ3v) is 6.15. The molecule has 0 saturated heterocycles. The van der Waals surface area contributed by atoms with Gasteiger partial charge in [-0.15, -0.1) is 0 Å². The Morgan fingerprint density at radius 1 is 1.26 bits per heavy atom. The molecule has 8 heteroatoms. The number of halogens is 2. The van der Waals surface area contributed by atoms with Crippen molar-refractivity contribution in [2.75, 3.05) is 13.6 Å². The molecule has 1 amide bonds. The highest BCUT2D eigenvalue weighted by Crippen LogP contribution is 2.42. The molecule has 1 aliphatic heterocycles. The molecule has 140 valence electrons. The molecule has 0 radical (unpaired) electrons. The van der Waals surface area contributed by atoms with Crippen LogP contribution in [0.4, 0.5) is 4.39 Å². The highest BCUT2D eigenvalue weighted by Gasteiger charge is 2.25. The lowest BCUT2D eigenvalue weighted by Crippen LogP contribution is -2.30. The summed E-state index contributed by atoms with van der Waals surface area (Å²) in [6, 6.07) is 9.77. The number of nitrogens with one attached hydrogen (secondary N) is 1. The van der Waals surface area contributed by atoms with Gasteiger partial charge in [-0.1, -0.05) is 23.4 Å². The molecule has 4 rings (SSSR count). The number of aromatic nitrogens is 1. The molecule has 0 saturated carbocycles. The van der Waals surface area contributed by atoms with Crippen molar-refractivity contribution in [1.82, 2.24) is 14.9 Å². The maximum absolute atomic E-state index is 14.1. The van der Waals surface area contributed by atoms with Gasteiger partial charge in [0.2, 0.25) is 0 Å². The van der Waals surface area contributed by atoms with Gasteiger partial charge in [-0.3, -0.25) is 14.9 Å². The van der Waals surface area contributed by atoms with Gasteiger partial charge in [-0.05, 0) is 43.4 Å². The number of fused-ring (bicyclic) bond motifs is 3. The first-order valence-electron chi connectivity index (χ1n) is 8.39. The van der Waals surface area contributed by atoms with Crippen molar-refractivity contribution in [3.05, 3.63) is 58.5 Å². The van der Waals surface area contributed by atoms with Crippen LogP contribution in [-0.4, -0.2) is 34.2 Å². The number of carbonyl (C=O) groups excluding carboxylic acids is 1. The minimum Gasteiger partial charge on any atom is -0.340 e. The van der Waals surface area contributed by atoms with Gasteiger partial charge in [0, 0.05) is 46.1 Å². The van der Waals surface area contributed by atoms with E-state index in [1.165, 1.54) is 23.9 Å². The van der Waals surface area contributed by atoms with Gasteiger partial charge >= 0.3 is 0 Å². The molecule has 0 fully saturated rings. The Balaban J connectivity index is 1.81. The van der Waals surface area contributed by atoms with E-state index in [2.05, 4.69) is 16.5 Å². The summed E-state index contributed by atoms with van der Waals surface area (Å²) in [5.74, 6) is -0.922. The normalized spacial score (nSPS) is 14.4. The number of hydrogen-bond donors (Lipinski definition) is 2. The Morgan fingerprint density at radius 3 is 2.70 bits per heavy atom. The van der Waals surface area contributed by atoms with Crippen LogP contribution in [0.2, 0.25) is 5.02 Å². The third kappa shape index (κ3) is 3.32. The van der Waals surface area contributed by atoms with Crippen molar-refractivity contribution in [3.8, 4) is 0 Å². The van der Waals surface area contributed by atoms with Crippen LogP contribution < -0.4 is 5.48 Å². The Kier molecular flexibility index (Phi) is 4.86. The Labute approximate surface area is 164 Å². The van der Waals surface area contributed by atoms with Gasteiger partial charge in [0.15, 0.2) is 0 Å². The largest absolute Gasteiger partial charge is 0.340 e. The van der Waals surface area contributed by atoms with Crippen LogP contribution >= 0.6 is 23.4 Å². The second-order valence-corrected chi connectivity index (χ2v) is 8.01. The predicted molar refractivity (Wildman–Crippen MR) is 103 cm³/mol. The van der Waals surface area contributed by atoms with Crippen molar-refractivity contribution in [3.63, 3.8) is 0 Å². The van der Waals surface area contributed by atoms with Gasteiger partial charge < -0.3 is 4.57 Å². The van der Waals surface area contributed by atoms with E-state index in [4.69, 9.17) is 16.8 Å². The van der Waals surface area contributed by atoms with E-state index in [-0.39, 0.29) is 5.82 Å².